The van der Waals surface area contributed by atoms with Gasteiger partial charge in [0.1, 0.15) is 0 Å². The van der Waals surface area contributed by atoms with Gasteiger partial charge in [0.25, 0.3) is 0 Å². The molecule has 2 aliphatic heterocycles. The van der Waals surface area contributed by atoms with Gasteiger partial charge in [-0.15, -0.1) is 0 Å². The van der Waals surface area contributed by atoms with E-state index >= 15 is 0 Å². The lowest BCUT2D eigenvalue weighted by molar-refractivity contribution is 0.156. The summed E-state index contributed by atoms with van der Waals surface area (Å²) in [4.78, 5) is 2.69. The van der Waals surface area contributed by atoms with Gasteiger partial charge in [0.15, 0.2) is 0 Å². The van der Waals surface area contributed by atoms with E-state index in [1.165, 1.54) is 38.8 Å². The Labute approximate surface area is 63.4 Å². The molecule has 2 heterocycles. The molecule has 2 aliphatic rings. The van der Waals surface area contributed by atoms with Crippen LogP contribution in [0.3, 0.4) is 0 Å². The highest BCUT2D eigenvalue weighted by atomic mass is 15.2. The molecule has 2 rings (SSSR count). The fraction of sp³-hybridized carbons (Fsp3) is 1.00. The fourth-order valence-electron chi connectivity index (χ4n) is 2.43. The Morgan fingerprint density at radius 3 is 3.00 bits per heavy atom. The topological polar surface area (TPSA) is 3.24 Å². The normalized spacial score (nSPS) is 41.7. The zero-order chi connectivity index (χ0) is 6.97. The third-order valence-electron chi connectivity index (χ3n) is 3.04. The van der Waals surface area contributed by atoms with Crippen molar-refractivity contribution in [2.45, 2.75) is 38.6 Å². The van der Waals surface area contributed by atoms with E-state index in [1.807, 2.05) is 0 Å². The molecule has 1 nitrogen and oxygen atoms in total. The first-order valence-corrected chi connectivity index (χ1v) is 4.60. The largest absolute Gasteiger partial charge is 0.300 e. The van der Waals surface area contributed by atoms with Crippen molar-refractivity contribution >= 4 is 0 Å². The molecular weight excluding hydrogens is 122 g/mol. The van der Waals surface area contributed by atoms with Crippen molar-refractivity contribution in [1.29, 1.82) is 0 Å². The molecule has 0 bridgehead atoms. The van der Waals surface area contributed by atoms with E-state index in [0.29, 0.717) is 0 Å². The summed E-state index contributed by atoms with van der Waals surface area (Å²) in [5.41, 5.74) is 0. The highest BCUT2D eigenvalue weighted by molar-refractivity contribution is 4.84. The zero-order valence-electron chi connectivity index (χ0n) is 6.84. The van der Waals surface area contributed by atoms with E-state index in [4.69, 9.17) is 0 Å². The Morgan fingerprint density at radius 1 is 1.20 bits per heavy atom. The van der Waals surface area contributed by atoms with Gasteiger partial charge in [0.2, 0.25) is 0 Å². The van der Waals surface area contributed by atoms with Crippen LogP contribution in [-0.2, 0) is 0 Å². The number of piperidine rings is 1. The molecule has 1 heteroatoms. The highest BCUT2D eigenvalue weighted by Gasteiger charge is 2.29. The van der Waals surface area contributed by atoms with Crippen LogP contribution in [0.15, 0.2) is 0 Å². The Balaban J connectivity index is 1.96. The van der Waals surface area contributed by atoms with Gasteiger partial charge < -0.3 is 4.90 Å². The molecule has 0 aromatic carbocycles. The second-order valence-electron chi connectivity index (χ2n) is 3.97. The molecule has 0 N–H and O–H groups in total. The standard InChI is InChI=1S/C9H17N/c1-8-4-5-9-3-2-6-10(9)7-8/h8-9H,2-7H2,1H3/t8-,9+/m1/s1. The van der Waals surface area contributed by atoms with Crippen molar-refractivity contribution < 1.29 is 0 Å². The molecular formula is C9H17N. The van der Waals surface area contributed by atoms with Crippen LogP contribution in [0.5, 0.6) is 0 Å². The van der Waals surface area contributed by atoms with Gasteiger partial charge in [0, 0.05) is 12.6 Å². The average molecular weight is 139 g/mol. The molecule has 2 atom stereocenters. The summed E-state index contributed by atoms with van der Waals surface area (Å²) in [5.74, 6) is 0.967. The van der Waals surface area contributed by atoms with E-state index in [2.05, 4.69) is 11.8 Å². The minimum absolute atomic E-state index is 0.967. The van der Waals surface area contributed by atoms with Crippen LogP contribution in [0.1, 0.15) is 32.6 Å². The average Bonchev–Trinajstić information content (AvgIpc) is 2.33. The van der Waals surface area contributed by atoms with Gasteiger partial charge in [-0.2, -0.15) is 0 Å². The Morgan fingerprint density at radius 2 is 2.10 bits per heavy atom. The zero-order valence-corrected chi connectivity index (χ0v) is 6.84. The first-order valence-electron chi connectivity index (χ1n) is 4.60. The van der Waals surface area contributed by atoms with Crippen molar-refractivity contribution in [3.8, 4) is 0 Å². The van der Waals surface area contributed by atoms with E-state index in [-0.39, 0.29) is 0 Å². The van der Waals surface area contributed by atoms with Gasteiger partial charge in [-0.25, -0.2) is 0 Å². The summed E-state index contributed by atoms with van der Waals surface area (Å²) in [6.45, 7) is 5.15. The second-order valence-corrected chi connectivity index (χ2v) is 3.97. The number of hydrogen-bond acceptors (Lipinski definition) is 1. The van der Waals surface area contributed by atoms with Crippen LogP contribution in [0.2, 0.25) is 0 Å². The van der Waals surface area contributed by atoms with Gasteiger partial charge in [0.05, 0.1) is 0 Å². The number of nitrogens with zero attached hydrogens (tertiary/aromatic N) is 1. The molecule has 10 heavy (non-hydrogen) atoms. The lowest BCUT2D eigenvalue weighted by Gasteiger charge is -2.33. The number of fused-ring (bicyclic) bond motifs is 1. The molecule has 58 valence electrons. The predicted octanol–water partition coefficient (Wildman–Crippen LogP) is 1.88. The van der Waals surface area contributed by atoms with Gasteiger partial charge >= 0.3 is 0 Å². The Kier molecular flexibility index (Phi) is 1.69. The maximum atomic E-state index is 2.69. The van der Waals surface area contributed by atoms with Crippen LogP contribution in [-0.4, -0.2) is 24.0 Å². The van der Waals surface area contributed by atoms with Crippen LogP contribution < -0.4 is 0 Å². The maximum absolute atomic E-state index is 2.69. The molecule has 0 spiro atoms. The fourth-order valence-corrected chi connectivity index (χ4v) is 2.43. The summed E-state index contributed by atoms with van der Waals surface area (Å²) in [5, 5.41) is 0. The molecule has 2 fully saturated rings. The summed E-state index contributed by atoms with van der Waals surface area (Å²) >= 11 is 0. The summed E-state index contributed by atoms with van der Waals surface area (Å²) in [6, 6.07) is 0.983. The first-order chi connectivity index (χ1) is 4.86. The van der Waals surface area contributed by atoms with Crippen molar-refractivity contribution in [1.82, 2.24) is 4.90 Å². The molecule has 0 radical (unpaired) electrons. The van der Waals surface area contributed by atoms with E-state index in [1.54, 1.807) is 0 Å². The molecule has 0 amide bonds. The minimum atomic E-state index is 0.967. The molecule has 0 aliphatic carbocycles. The second kappa shape index (κ2) is 2.54. The van der Waals surface area contributed by atoms with Crippen molar-refractivity contribution in [2.75, 3.05) is 13.1 Å². The van der Waals surface area contributed by atoms with E-state index in [9.17, 15) is 0 Å². The molecule has 0 aromatic heterocycles. The summed E-state index contributed by atoms with van der Waals surface area (Å²) in [7, 11) is 0. The molecule has 0 saturated carbocycles. The molecule has 0 aromatic rings. The van der Waals surface area contributed by atoms with Crippen LogP contribution in [0.25, 0.3) is 0 Å². The van der Waals surface area contributed by atoms with Crippen LogP contribution in [0, 0.1) is 5.92 Å². The lowest BCUT2D eigenvalue weighted by Crippen LogP contribution is -2.37. The maximum Gasteiger partial charge on any atom is 0.00959 e. The van der Waals surface area contributed by atoms with E-state index < -0.39 is 0 Å². The highest BCUT2D eigenvalue weighted by Crippen LogP contribution is 2.28. The molecule has 0 unspecified atom stereocenters. The Hall–Kier alpha value is -0.0400. The van der Waals surface area contributed by atoms with Gasteiger partial charge in [-0.1, -0.05) is 6.92 Å². The van der Waals surface area contributed by atoms with Crippen molar-refractivity contribution in [3.05, 3.63) is 0 Å². The SMILES string of the molecule is C[C@@H]1CC[C@@H]2CCCN2C1. The van der Waals surface area contributed by atoms with Gasteiger partial charge in [-0.05, 0) is 38.1 Å². The lowest BCUT2D eigenvalue weighted by atomic mass is 9.95. The van der Waals surface area contributed by atoms with Crippen LogP contribution in [0.4, 0.5) is 0 Å². The van der Waals surface area contributed by atoms with Crippen molar-refractivity contribution in [2.24, 2.45) is 5.92 Å². The van der Waals surface area contributed by atoms with E-state index in [0.717, 1.165) is 12.0 Å². The monoisotopic (exact) mass is 139 g/mol. The smallest absolute Gasteiger partial charge is 0.00959 e. The quantitative estimate of drug-likeness (QED) is 0.495. The molecule has 2 saturated heterocycles. The van der Waals surface area contributed by atoms with Crippen molar-refractivity contribution in [3.63, 3.8) is 0 Å². The Bertz CT molecular complexity index is 122. The predicted molar refractivity (Wildman–Crippen MR) is 43.0 cm³/mol. The van der Waals surface area contributed by atoms with Gasteiger partial charge in [-0.3, -0.25) is 0 Å². The summed E-state index contributed by atoms with van der Waals surface area (Å²) in [6.07, 6.45) is 5.88. The number of hydrogen-bond donors (Lipinski definition) is 0. The third kappa shape index (κ3) is 1.07. The third-order valence-corrected chi connectivity index (χ3v) is 3.04. The van der Waals surface area contributed by atoms with Crippen LogP contribution >= 0.6 is 0 Å². The first kappa shape index (κ1) is 6.66. The number of rotatable bonds is 0. The summed E-state index contributed by atoms with van der Waals surface area (Å²) < 4.78 is 0. The minimum Gasteiger partial charge on any atom is -0.300 e.